The Balaban J connectivity index is 1.68. The van der Waals surface area contributed by atoms with E-state index in [0.29, 0.717) is 23.1 Å². The molecule has 29 heavy (non-hydrogen) atoms. The maximum Gasteiger partial charge on any atom is 0.229 e. The number of methoxy groups -OCH3 is 1. The second-order valence-electron chi connectivity index (χ2n) is 6.04. The molecule has 0 aliphatic heterocycles. The van der Waals surface area contributed by atoms with Crippen LogP contribution in [0.2, 0.25) is 0 Å². The van der Waals surface area contributed by atoms with Crippen LogP contribution in [-0.4, -0.2) is 26.6 Å². The molecule has 2 N–H and O–H groups in total. The first-order chi connectivity index (χ1) is 14.2. The van der Waals surface area contributed by atoms with Crippen molar-refractivity contribution in [2.75, 3.05) is 17.7 Å². The maximum atomic E-state index is 14.0. The number of ether oxygens (including phenoxy) is 1. The summed E-state index contributed by atoms with van der Waals surface area (Å²) in [7, 11) is 1.60. The number of nitriles is 1. The molecular formula is C20H16FN7O. The van der Waals surface area contributed by atoms with Gasteiger partial charge in [-0.15, -0.1) is 0 Å². The molecule has 0 amide bonds. The predicted octanol–water partition coefficient (Wildman–Crippen LogP) is 3.98. The summed E-state index contributed by atoms with van der Waals surface area (Å²) in [4.78, 5) is 13.2. The molecule has 2 heterocycles. The van der Waals surface area contributed by atoms with Gasteiger partial charge in [0.1, 0.15) is 23.6 Å². The Bertz CT molecular complexity index is 1200. The molecular weight excluding hydrogens is 373 g/mol. The number of anilines is 4. The monoisotopic (exact) mass is 389 g/mol. The minimum Gasteiger partial charge on any atom is -0.497 e. The lowest BCUT2D eigenvalue weighted by Crippen LogP contribution is -2.05. The quantitative estimate of drug-likeness (QED) is 0.514. The number of fused-ring (bicyclic) bond motifs is 1. The molecule has 0 saturated heterocycles. The van der Waals surface area contributed by atoms with Crippen molar-refractivity contribution in [2.45, 2.75) is 6.54 Å². The van der Waals surface area contributed by atoms with Gasteiger partial charge >= 0.3 is 0 Å². The highest BCUT2D eigenvalue weighted by Gasteiger charge is 2.15. The molecule has 0 saturated carbocycles. The second kappa shape index (κ2) is 7.82. The van der Waals surface area contributed by atoms with Gasteiger partial charge in [0, 0.05) is 5.69 Å². The molecule has 0 aliphatic carbocycles. The van der Waals surface area contributed by atoms with Crippen molar-refractivity contribution < 1.29 is 9.13 Å². The number of rotatable bonds is 6. The maximum absolute atomic E-state index is 14.0. The molecule has 9 heteroatoms. The van der Waals surface area contributed by atoms with Crippen molar-refractivity contribution in [2.24, 2.45) is 0 Å². The Kier molecular flexibility index (Phi) is 4.90. The molecule has 2 aromatic carbocycles. The average Bonchev–Trinajstić information content (AvgIpc) is 3.07. The Morgan fingerprint density at radius 2 is 1.90 bits per heavy atom. The van der Waals surface area contributed by atoms with Gasteiger partial charge in [0.05, 0.1) is 25.1 Å². The lowest BCUT2D eigenvalue weighted by molar-refractivity contribution is 0.415. The van der Waals surface area contributed by atoms with Crippen molar-refractivity contribution in [3.63, 3.8) is 0 Å². The minimum atomic E-state index is -0.420. The summed E-state index contributed by atoms with van der Waals surface area (Å²) in [6, 6.07) is 15.6. The smallest absolute Gasteiger partial charge is 0.229 e. The fraction of sp³-hybridized carbons (Fsp3) is 0.100. The van der Waals surface area contributed by atoms with E-state index >= 15 is 0 Å². The van der Waals surface area contributed by atoms with Crippen LogP contribution in [0.4, 0.5) is 27.7 Å². The predicted molar refractivity (Wildman–Crippen MR) is 107 cm³/mol. The molecule has 8 nitrogen and oxygen atoms in total. The lowest BCUT2D eigenvalue weighted by Gasteiger charge is -2.08. The van der Waals surface area contributed by atoms with E-state index < -0.39 is 5.82 Å². The molecule has 0 unspecified atom stereocenters. The van der Waals surface area contributed by atoms with E-state index in [2.05, 4.69) is 31.7 Å². The van der Waals surface area contributed by atoms with Gasteiger partial charge in [-0.3, -0.25) is 4.57 Å². The summed E-state index contributed by atoms with van der Waals surface area (Å²) in [6.07, 6.45) is 1.55. The summed E-state index contributed by atoms with van der Waals surface area (Å²) in [5.74, 6) is 0.973. The van der Waals surface area contributed by atoms with Gasteiger partial charge in [-0.05, 0) is 36.4 Å². The van der Waals surface area contributed by atoms with Crippen LogP contribution >= 0.6 is 0 Å². The third-order valence-electron chi connectivity index (χ3n) is 4.18. The van der Waals surface area contributed by atoms with Gasteiger partial charge in [-0.1, -0.05) is 12.1 Å². The Labute approximate surface area is 165 Å². The zero-order valence-electron chi connectivity index (χ0n) is 15.4. The highest BCUT2D eigenvalue weighted by atomic mass is 19.1. The molecule has 0 fully saturated rings. The van der Waals surface area contributed by atoms with Crippen molar-refractivity contribution in [1.29, 1.82) is 5.26 Å². The van der Waals surface area contributed by atoms with Gasteiger partial charge in [-0.25, -0.2) is 14.4 Å². The number of halogens is 1. The second-order valence-corrected chi connectivity index (χ2v) is 6.04. The van der Waals surface area contributed by atoms with Crippen LogP contribution in [0.15, 0.2) is 54.7 Å². The summed E-state index contributed by atoms with van der Waals surface area (Å²) in [6.45, 7) is -0.00766. The number of hydrogen-bond donors (Lipinski definition) is 2. The Morgan fingerprint density at radius 1 is 1.10 bits per heavy atom. The molecule has 0 spiro atoms. The number of aromatic nitrogens is 4. The minimum absolute atomic E-state index is 0.00766. The highest BCUT2D eigenvalue weighted by Crippen LogP contribution is 2.24. The molecule has 0 atom stereocenters. The lowest BCUT2D eigenvalue weighted by atomic mass is 10.3. The summed E-state index contributed by atoms with van der Waals surface area (Å²) in [5, 5.41) is 15.2. The van der Waals surface area contributed by atoms with Crippen LogP contribution in [0.5, 0.6) is 5.75 Å². The first-order valence-electron chi connectivity index (χ1n) is 8.71. The fourth-order valence-corrected chi connectivity index (χ4v) is 2.78. The van der Waals surface area contributed by atoms with Gasteiger partial charge < -0.3 is 15.4 Å². The third kappa shape index (κ3) is 3.77. The molecule has 144 valence electrons. The zero-order chi connectivity index (χ0) is 20.2. The van der Waals surface area contributed by atoms with E-state index in [0.717, 1.165) is 11.4 Å². The normalized spacial score (nSPS) is 10.5. The van der Waals surface area contributed by atoms with Crippen molar-refractivity contribution in [1.82, 2.24) is 19.5 Å². The number of nitrogens with zero attached hydrogens (tertiary/aromatic N) is 5. The van der Waals surface area contributed by atoms with E-state index in [-0.39, 0.29) is 12.2 Å². The number of imidazole rings is 1. The standard InChI is InChI=1S/C20H16FN7O/c1-29-14-8-6-13(7-9-14)24-19-23-12-17-18(27-19)28(11-10-22)20(26-17)25-16-5-3-2-4-15(16)21/h2-9,12H,11H2,1H3,(H,25,26)(H,23,24,27). The highest BCUT2D eigenvalue weighted by molar-refractivity contribution is 5.77. The first kappa shape index (κ1) is 18.2. The van der Waals surface area contributed by atoms with Crippen LogP contribution in [0, 0.1) is 17.1 Å². The number of para-hydroxylation sites is 1. The van der Waals surface area contributed by atoms with E-state index in [4.69, 9.17) is 4.74 Å². The topological polar surface area (TPSA) is 101 Å². The fourth-order valence-electron chi connectivity index (χ4n) is 2.78. The van der Waals surface area contributed by atoms with Crippen molar-refractivity contribution >= 4 is 34.4 Å². The summed E-state index contributed by atoms with van der Waals surface area (Å²) >= 11 is 0. The number of nitrogens with one attached hydrogen (secondary N) is 2. The summed E-state index contributed by atoms with van der Waals surface area (Å²) < 4.78 is 20.7. The van der Waals surface area contributed by atoms with Gasteiger partial charge in [-0.2, -0.15) is 10.2 Å². The van der Waals surface area contributed by atoms with Crippen molar-refractivity contribution in [3.8, 4) is 11.8 Å². The van der Waals surface area contributed by atoms with Crippen LogP contribution in [0.25, 0.3) is 11.2 Å². The molecule has 0 aliphatic rings. The molecule has 0 bridgehead atoms. The van der Waals surface area contributed by atoms with E-state index in [9.17, 15) is 9.65 Å². The molecule has 4 rings (SSSR count). The largest absolute Gasteiger partial charge is 0.497 e. The third-order valence-corrected chi connectivity index (χ3v) is 4.18. The van der Waals surface area contributed by atoms with Crippen LogP contribution in [-0.2, 0) is 6.54 Å². The van der Waals surface area contributed by atoms with Gasteiger partial charge in [0.2, 0.25) is 11.9 Å². The zero-order valence-corrected chi connectivity index (χ0v) is 15.4. The van der Waals surface area contributed by atoms with E-state index in [1.165, 1.54) is 6.07 Å². The van der Waals surface area contributed by atoms with E-state index in [1.54, 1.807) is 36.1 Å². The van der Waals surface area contributed by atoms with Gasteiger partial charge in [0.25, 0.3) is 0 Å². The SMILES string of the molecule is COc1ccc(Nc2ncc3nc(Nc4ccccc4F)n(CC#N)c3n2)cc1. The Morgan fingerprint density at radius 3 is 2.62 bits per heavy atom. The van der Waals surface area contributed by atoms with Crippen LogP contribution < -0.4 is 15.4 Å². The average molecular weight is 389 g/mol. The molecule has 0 radical (unpaired) electrons. The summed E-state index contributed by atoms with van der Waals surface area (Å²) in [5.41, 5.74) is 1.98. The Hall–Kier alpha value is -4.19. The van der Waals surface area contributed by atoms with E-state index in [1.807, 2.05) is 24.3 Å². The molecule has 4 aromatic rings. The first-order valence-corrected chi connectivity index (χ1v) is 8.71. The number of hydrogen-bond acceptors (Lipinski definition) is 7. The van der Waals surface area contributed by atoms with Crippen LogP contribution in [0.1, 0.15) is 0 Å². The van der Waals surface area contributed by atoms with Crippen molar-refractivity contribution in [3.05, 3.63) is 60.5 Å². The van der Waals surface area contributed by atoms with Crippen LogP contribution in [0.3, 0.4) is 0 Å². The molecule has 2 aromatic heterocycles. The van der Waals surface area contributed by atoms with Gasteiger partial charge in [0.15, 0.2) is 5.65 Å². The number of benzene rings is 2.